The summed E-state index contributed by atoms with van der Waals surface area (Å²) in [6.45, 7) is 5.34. The van der Waals surface area contributed by atoms with Crippen molar-refractivity contribution in [3.05, 3.63) is 53.6 Å². The van der Waals surface area contributed by atoms with Crippen LogP contribution in [0.4, 0.5) is 22.0 Å². The third-order valence-corrected chi connectivity index (χ3v) is 6.25. The van der Waals surface area contributed by atoms with Crippen molar-refractivity contribution in [3.63, 3.8) is 0 Å². The second kappa shape index (κ2) is 9.34. The molecule has 0 bridgehead atoms. The standard InChI is InChI=1S/C24H27F5N4O2/c1-13(2)33-12-31-19-8-17(7-18(21(19)33)24(27,28)29)35-11-16-10-23(34,9-14(3)32-16)15-4-5-30-20(6-15)22(25)26/h4-8,12-14,16,22,32,34H,9-11H2,1-3H3/t14-,16-,23-/m0/s1. The van der Waals surface area contributed by atoms with Crippen molar-refractivity contribution in [1.29, 1.82) is 0 Å². The third kappa shape index (κ3) is 5.25. The quantitative estimate of drug-likeness (QED) is 0.447. The molecular weight excluding hydrogens is 471 g/mol. The summed E-state index contributed by atoms with van der Waals surface area (Å²) in [5.41, 5.74) is -2.20. The molecule has 3 heterocycles. The van der Waals surface area contributed by atoms with E-state index in [1.165, 1.54) is 35.3 Å². The van der Waals surface area contributed by atoms with E-state index in [2.05, 4.69) is 15.3 Å². The van der Waals surface area contributed by atoms with E-state index >= 15 is 0 Å². The number of nitrogens with zero attached hydrogens (tertiary/aromatic N) is 3. The molecule has 1 saturated heterocycles. The summed E-state index contributed by atoms with van der Waals surface area (Å²) in [5.74, 6) is 0.00583. The number of fused-ring (bicyclic) bond motifs is 1. The number of benzene rings is 1. The smallest absolute Gasteiger partial charge is 0.418 e. The zero-order chi connectivity index (χ0) is 25.5. The molecule has 2 aromatic heterocycles. The largest absolute Gasteiger partial charge is 0.492 e. The van der Waals surface area contributed by atoms with Gasteiger partial charge >= 0.3 is 6.18 Å². The first-order valence-corrected chi connectivity index (χ1v) is 11.3. The molecule has 3 aromatic rings. The molecule has 0 aliphatic carbocycles. The van der Waals surface area contributed by atoms with Gasteiger partial charge in [-0.2, -0.15) is 13.2 Å². The van der Waals surface area contributed by atoms with Gasteiger partial charge in [0.15, 0.2) is 0 Å². The van der Waals surface area contributed by atoms with Gasteiger partial charge in [-0.05, 0) is 57.4 Å². The number of rotatable bonds is 6. The van der Waals surface area contributed by atoms with Gasteiger partial charge in [0, 0.05) is 30.4 Å². The number of aromatic nitrogens is 3. The molecule has 190 valence electrons. The summed E-state index contributed by atoms with van der Waals surface area (Å²) in [5, 5.41) is 14.6. The lowest BCUT2D eigenvalue weighted by Gasteiger charge is -2.41. The topological polar surface area (TPSA) is 72.2 Å². The number of aliphatic hydroxyl groups is 1. The molecule has 0 saturated carbocycles. The number of alkyl halides is 5. The number of halogens is 5. The van der Waals surface area contributed by atoms with Gasteiger partial charge in [0.1, 0.15) is 18.1 Å². The predicted molar refractivity (Wildman–Crippen MR) is 119 cm³/mol. The van der Waals surface area contributed by atoms with Crippen LogP contribution in [-0.4, -0.2) is 38.3 Å². The minimum atomic E-state index is -4.61. The molecule has 35 heavy (non-hydrogen) atoms. The molecule has 6 nitrogen and oxygen atoms in total. The first-order valence-electron chi connectivity index (χ1n) is 11.3. The minimum Gasteiger partial charge on any atom is -0.492 e. The SMILES string of the molecule is CC(C)n1cnc2cc(OC[C@@H]3C[C@](O)(c4ccnc(C(F)F)c4)C[C@H](C)N3)cc(C(F)(F)F)c21. The number of hydrogen-bond donors (Lipinski definition) is 2. The Kier molecular flexibility index (Phi) is 6.76. The van der Waals surface area contributed by atoms with E-state index in [1.54, 1.807) is 13.8 Å². The summed E-state index contributed by atoms with van der Waals surface area (Å²) in [6, 6.07) is 4.26. The maximum Gasteiger partial charge on any atom is 0.418 e. The maximum atomic E-state index is 13.8. The second-order valence-electron chi connectivity index (χ2n) is 9.37. The predicted octanol–water partition coefficient (Wildman–Crippen LogP) is 5.38. The van der Waals surface area contributed by atoms with Crippen LogP contribution in [0.5, 0.6) is 5.75 Å². The fourth-order valence-electron chi connectivity index (χ4n) is 4.75. The van der Waals surface area contributed by atoms with Crippen LogP contribution in [0.2, 0.25) is 0 Å². The Bertz CT molecular complexity index is 1200. The molecule has 3 atom stereocenters. The minimum absolute atomic E-state index is 0.00583. The average Bonchev–Trinajstić information content (AvgIpc) is 3.20. The molecular formula is C24H27F5N4O2. The highest BCUT2D eigenvalue weighted by molar-refractivity contribution is 5.81. The summed E-state index contributed by atoms with van der Waals surface area (Å²) in [7, 11) is 0. The number of hydrogen-bond acceptors (Lipinski definition) is 5. The number of imidazole rings is 1. The summed E-state index contributed by atoms with van der Waals surface area (Å²) in [4.78, 5) is 7.77. The Balaban J connectivity index is 1.57. The van der Waals surface area contributed by atoms with Gasteiger partial charge in [-0.1, -0.05) is 0 Å². The fourth-order valence-corrected chi connectivity index (χ4v) is 4.75. The van der Waals surface area contributed by atoms with E-state index in [4.69, 9.17) is 4.74 Å². The van der Waals surface area contributed by atoms with Crippen LogP contribution in [0.3, 0.4) is 0 Å². The van der Waals surface area contributed by atoms with Gasteiger partial charge in [0.2, 0.25) is 0 Å². The highest BCUT2D eigenvalue weighted by Crippen LogP contribution is 2.39. The highest BCUT2D eigenvalue weighted by Gasteiger charge is 2.40. The van der Waals surface area contributed by atoms with Gasteiger partial charge in [0.25, 0.3) is 6.43 Å². The number of nitrogens with one attached hydrogen (secondary N) is 1. The van der Waals surface area contributed by atoms with E-state index < -0.39 is 35.5 Å². The van der Waals surface area contributed by atoms with Gasteiger partial charge in [-0.15, -0.1) is 0 Å². The van der Waals surface area contributed by atoms with Crippen molar-refractivity contribution in [2.24, 2.45) is 0 Å². The van der Waals surface area contributed by atoms with Crippen LogP contribution in [0.1, 0.15) is 62.9 Å². The van der Waals surface area contributed by atoms with Gasteiger partial charge < -0.3 is 19.7 Å². The Labute approximate surface area is 199 Å². The lowest BCUT2D eigenvalue weighted by molar-refractivity contribution is -0.136. The second-order valence-corrected chi connectivity index (χ2v) is 9.37. The third-order valence-electron chi connectivity index (χ3n) is 6.25. The van der Waals surface area contributed by atoms with Crippen molar-refractivity contribution < 1.29 is 31.8 Å². The number of piperidine rings is 1. The zero-order valence-corrected chi connectivity index (χ0v) is 19.5. The van der Waals surface area contributed by atoms with Crippen LogP contribution in [0, 0.1) is 0 Å². The zero-order valence-electron chi connectivity index (χ0n) is 19.5. The van der Waals surface area contributed by atoms with E-state index in [9.17, 15) is 27.1 Å². The number of ether oxygens (including phenoxy) is 1. The molecule has 0 unspecified atom stereocenters. The van der Waals surface area contributed by atoms with E-state index in [-0.39, 0.29) is 48.3 Å². The van der Waals surface area contributed by atoms with Gasteiger partial charge in [0.05, 0.1) is 28.5 Å². The van der Waals surface area contributed by atoms with Crippen LogP contribution in [-0.2, 0) is 11.8 Å². The van der Waals surface area contributed by atoms with Crippen molar-refractivity contribution >= 4 is 11.0 Å². The average molecular weight is 498 g/mol. The number of pyridine rings is 1. The Morgan fingerprint density at radius 3 is 2.60 bits per heavy atom. The van der Waals surface area contributed by atoms with Gasteiger partial charge in [-0.3, -0.25) is 4.98 Å². The first kappa shape index (κ1) is 25.3. The van der Waals surface area contributed by atoms with Crippen LogP contribution in [0.25, 0.3) is 11.0 Å². The molecule has 0 amide bonds. The van der Waals surface area contributed by atoms with Crippen LogP contribution < -0.4 is 10.1 Å². The fraction of sp³-hybridized carbons (Fsp3) is 0.500. The maximum absolute atomic E-state index is 13.8. The molecule has 1 fully saturated rings. The van der Waals surface area contributed by atoms with Crippen molar-refractivity contribution in [3.8, 4) is 5.75 Å². The highest BCUT2D eigenvalue weighted by atomic mass is 19.4. The molecule has 1 aromatic carbocycles. The summed E-state index contributed by atoms with van der Waals surface area (Å²) in [6.07, 6.45) is -4.37. The molecule has 1 aliphatic heterocycles. The van der Waals surface area contributed by atoms with Crippen LogP contribution >= 0.6 is 0 Å². The normalized spacial score (nSPS) is 23.4. The van der Waals surface area contributed by atoms with Crippen molar-refractivity contribution in [2.75, 3.05) is 6.61 Å². The molecule has 1 aliphatic rings. The van der Waals surface area contributed by atoms with E-state index in [0.29, 0.717) is 5.56 Å². The summed E-state index contributed by atoms with van der Waals surface area (Å²) < 4.78 is 75.0. The lowest BCUT2D eigenvalue weighted by atomic mass is 9.79. The Hall–Kier alpha value is -2.79. The summed E-state index contributed by atoms with van der Waals surface area (Å²) >= 11 is 0. The molecule has 2 N–H and O–H groups in total. The van der Waals surface area contributed by atoms with Crippen molar-refractivity contribution in [2.45, 2.75) is 69.9 Å². The molecule has 4 rings (SSSR count). The Morgan fingerprint density at radius 1 is 1.20 bits per heavy atom. The molecule has 0 radical (unpaired) electrons. The van der Waals surface area contributed by atoms with E-state index in [0.717, 1.165) is 6.07 Å². The molecule has 0 spiro atoms. The Morgan fingerprint density at radius 2 is 1.94 bits per heavy atom. The van der Waals surface area contributed by atoms with Crippen molar-refractivity contribution in [1.82, 2.24) is 19.9 Å². The van der Waals surface area contributed by atoms with E-state index in [1.807, 2.05) is 6.92 Å². The van der Waals surface area contributed by atoms with Gasteiger partial charge in [-0.25, -0.2) is 13.8 Å². The monoisotopic (exact) mass is 498 g/mol. The lowest BCUT2D eigenvalue weighted by Crippen LogP contribution is -2.53. The van der Waals surface area contributed by atoms with Crippen LogP contribution in [0.15, 0.2) is 36.8 Å². The first-order chi connectivity index (χ1) is 16.4. The molecule has 11 heteroatoms.